The Hall–Kier alpha value is -1.96. The normalized spacial score (nSPS) is 19.8. The summed E-state index contributed by atoms with van der Waals surface area (Å²) in [5, 5.41) is 11.5. The molecule has 1 aromatic rings. The second-order valence-corrected chi connectivity index (χ2v) is 4.79. The number of piperazine rings is 1. The fourth-order valence-corrected chi connectivity index (χ4v) is 2.57. The van der Waals surface area contributed by atoms with Crippen LogP contribution < -0.4 is 10.2 Å². The zero-order chi connectivity index (χ0) is 13.3. The second kappa shape index (κ2) is 4.73. The van der Waals surface area contributed by atoms with Crippen LogP contribution >= 0.6 is 11.3 Å². The second-order valence-electron chi connectivity index (χ2n) is 3.78. The van der Waals surface area contributed by atoms with Crippen LogP contribution in [0.2, 0.25) is 0 Å². The Morgan fingerprint density at radius 2 is 2.39 bits per heavy atom. The quantitative estimate of drug-likeness (QED) is 0.754. The van der Waals surface area contributed by atoms with E-state index < -0.39 is 17.9 Å². The minimum atomic E-state index is -1.07. The van der Waals surface area contributed by atoms with Crippen LogP contribution in [0.15, 0.2) is 6.20 Å². The first kappa shape index (κ1) is 12.5. The summed E-state index contributed by atoms with van der Waals surface area (Å²) >= 11 is 0.954. The number of imide groups is 1. The van der Waals surface area contributed by atoms with Gasteiger partial charge < -0.3 is 10.0 Å². The van der Waals surface area contributed by atoms with Crippen LogP contribution in [0, 0.1) is 0 Å². The molecule has 1 atom stereocenters. The standard InChI is InChI=1S/C10H11N3O4S/c1-2-5-8(15)12-7(14)4-13(5)10-11-3-6(18-10)9(16)17/h3,5H,2,4H2,1H3,(H,16,17)(H,12,14,15). The summed E-state index contributed by atoms with van der Waals surface area (Å²) in [5.41, 5.74) is 0. The van der Waals surface area contributed by atoms with Crippen LogP contribution in [0.4, 0.5) is 5.13 Å². The number of anilines is 1. The number of aromatic carboxylic acids is 1. The summed E-state index contributed by atoms with van der Waals surface area (Å²) in [6, 6.07) is -0.490. The van der Waals surface area contributed by atoms with Crippen molar-refractivity contribution in [3.8, 4) is 0 Å². The summed E-state index contributed by atoms with van der Waals surface area (Å²) in [6.45, 7) is 1.83. The summed E-state index contributed by atoms with van der Waals surface area (Å²) in [6.07, 6.45) is 1.74. The molecule has 2 rings (SSSR count). The van der Waals surface area contributed by atoms with Gasteiger partial charge >= 0.3 is 5.97 Å². The first-order valence-electron chi connectivity index (χ1n) is 5.32. The van der Waals surface area contributed by atoms with Crippen molar-refractivity contribution in [3.05, 3.63) is 11.1 Å². The molecule has 2 amide bonds. The minimum absolute atomic E-state index is 0.0107. The molecule has 0 aromatic carbocycles. The number of thiazole rings is 1. The predicted octanol–water partition coefficient (Wildman–Crippen LogP) is 0.0827. The molecule has 0 aliphatic carbocycles. The lowest BCUT2D eigenvalue weighted by Crippen LogP contribution is -2.58. The lowest BCUT2D eigenvalue weighted by molar-refractivity contribution is -0.132. The Labute approximate surface area is 106 Å². The summed E-state index contributed by atoms with van der Waals surface area (Å²) in [7, 11) is 0. The lowest BCUT2D eigenvalue weighted by Gasteiger charge is -2.32. The smallest absolute Gasteiger partial charge is 0.347 e. The van der Waals surface area contributed by atoms with E-state index >= 15 is 0 Å². The van der Waals surface area contributed by atoms with E-state index in [-0.39, 0.29) is 17.3 Å². The maximum atomic E-state index is 11.6. The number of carbonyl (C=O) groups excluding carboxylic acids is 2. The van der Waals surface area contributed by atoms with Crippen LogP contribution in [0.3, 0.4) is 0 Å². The molecule has 2 heterocycles. The Morgan fingerprint density at radius 1 is 1.67 bits per heavy atom. The van der Waals surface area contributed by atoms with Gasteiger partial charge in [0.15, 0.2) is 5.13 Å². The highest BCUT2D eigenvalue weighted by Gasteiger charge is 2.34. The molecule has 1 aromatic heterocycles. The van der Waals surface area contributed by atoms with Gasteiger partial charge in [0, 0.05) is 0 Å². The predicted molar refractivity (Wildman–Crippen MR) is 63.6 cm³/mol. The summed E-state index contributed by atoms with van der Waals surface area (Å²) in [5.74, 6) is -1.85. The Balaban J connectivity index is 2.30. The van der Waals surface area contributed by atoms with E-state index in [2.05, 4.69) is 10.3 Å². The molecule has 2 N–H and O–H groups in total. The summed E-state index contributed by atoms with van der Waals surface area (Å²) < 4.78 is 0. The van der Waals surface area contributed by atoms with Crippen LogP contribution in [0.25, 0.3) is 0 Å². The van der Waals surface area contributed by atoms with Gasteiger partial charge in [0.2, 0.25) is 11.8 Å². The van der Waals surface area contributed by atoms with E-state index in [0.29, 0.717) is 11.6 Å². The highest BCUT2D eigenvalue weighted by molar-refractivity contribution is 7.17. The van der Waals surface area contributed by atoms with Gasteiger partial charge in [-0.2, -0.15) is 0 Å². The monoisotopic (exact) mass is 269 g/mol. The van der Waals surface area contributed by atoms with Crippen molar-refractivity contribution in [1.82, 2.24) is 10.3 Å². The molecule has 1 saturated heterocycles. The van der Waals surface area contributed by atoms with Gasteiger partial charge in [0.1, 0.15) is 17.5 Å². The third-order valence-corrected chi connectivity index (χ3v) is 3.61. The average Bonchev–Trinajstić information content (AvgIpc) is 2.77. The largest absolute Gasteiger partial charge is 0.477 e. The zero-order valence-corrected chi connectivity index (χ0v) is 10.4. The van der Waals surface area contributed by atoms with Crippen LogP contribution in [0.5, 0.6) is 0 Å². The van der Waals surface area contributed by atoms with Crippen molar-refractivity contribution in [3.63, 3.8) is 0 Å². The molecular weight excluding hydrogens is 258 g/mol. The van der Waals surface area contributed by atoms with Crippen molar-refractivity contribution in [2.75, 3.05) is 11.4 Å². The first-order valence-corrected chi connectivity index (χ1v) is 6.14. The van der Waals surface area contributed by atoms with Gasteiger partial charge in [-0.25, -0.2) is 9.78 Å². The Morgan fingerprint density at radius 3 is 2.94 bits per heavy atom. The third kappa shape index (κ3) is 2.19. The van der Waals surface area contributed by atoms with Crippen LogP contribution in [-0.4, -0.2) is 40.5 Å². The van der Waals surface area contributed by atoms with Crippen molar-refractivity contribution >= 4 is 34.3 Å². The fraction of sp³-hybridized carbons (Fsp3) is 0.400. The summed E-state index contributed by atoms with van der Waals surface area (Å²) in [4.78, 5) is 39.4. The number of aromatic nitrogens is 1. The topological polar surface area (TPSA) is 99.6 Å². The molecule has 18 heavy (non-hydrogen) atoms. The molecule has 0 radical (unpaired) electrons. The molecule has 96 valence electrons. The highest BCUT2D eigenvalue weighted by Crippen LogP contribution is 2.26. The van der Waals surface area contributed by atoms with E-state index in [1.807, 2.05) is 6.92 Å². The lowest BCUT2D eigenvalue weighted by atomic mass is 10.1. The average molecular weight is 269 g/mol. The van der Waals surface area contributed by atoms with E-state index in [0.717, 1.165) is 11.3 Å². The number of nitrogens with zero attached hydrogens (tertiary/aromatic N) is 2. The number of nitrogens with one attached hydrogen (secondary N) is 1. The number of amides is 2. The number of carboxylic acid groups (broad SMARTS) is 1. The number of carboxylic acids is 1. The van der Waals surface area contributed by atoms with E-state index in [4.69, 9.17) is 5.11 Å². The number of hydrogen-bond acceptors (Lipinski definition) is 6. The van der Waals surface area contributed by atoms with Gasteiger partial charge in [0.25, 0.3) is 0 Å². The van der Waals surface area contributed by atoms with Crippen LogP contribution in [-0.2, 0) is 9.59 Å². The Bertz CT molecular complexity index is 513. The van der Waals surface area contributed by atoms with Gasteiger partial charge in [-0.05, 0) is 6.42 Å². The van der Waals surface area contributed by atoms with Gasteiger partial charge in [-0.1, -0.05) is 18.3 Å². The molecule has 0 bridgehead atoms. The zero-order valence-electron chi connectivity index (χ0n) is 9.54. The molecule has 7 nitrogen and oxygen atoms in total. The number of carbonyl (C=O) groups is 3. The van der Waals surface area contributed by atoms with Gasteiger partial charge in [-0.15, -0.1) is 0 Å². The minimum Gasteiger partial charge on any atom is -0.477 e. The van der Waals surface area contributed by atoms with Crippen molar-refractivity contribution < 1.29 is 19.5 Å². The van der Waals surface area contributed by atoms with Gasteiger partial charge in [-0.3, -0.25) is 14.9 Å². The van der Waals surface area contributed by atoms with E-state index in [1.165, 1.54) is 11.1 Å². The molecule has 8 heteroatoms. The number of hydrogen-bond donors (Lipinski definition) is 2. The maximum absolute atomic E-state index is 11.6. The Kier molecular flexibility index (Phi) is 3.28. The van der Waals surface area contributed by atoms with Crippen molar-refractivity contribution in [2.24, 2.45) is 0 Å². The molecule has 0 spiro atoms. The van der Waals surface area contributed by atoms with Crippen molar-refractivity contribution in [1.29, 1.82) is 0 Å². The molecule has 1 fully saturated rings. The van der Waals surface area contributed by atoms with Crippen LogP contribution in [0.1, 0.15) is 23.0 Å². The molecule has 1 aliphatic heterocycles. The highest BCUT2D eigenvalue weighted by atomic mass is 32.1. The fourth-order valence-electron chi connectivity index (χ4n) is 1.77. The maximum Gasteiger partial charge on any atom is 0.347 e. The first-order chi connectivity index (χ1) is 8.52. The van der Waals surface area contributed by atoms with Gasteiger partial charge in [0.05, 0.1) is 6.20 Å². The molecule has 1 aliphatic rings. The molecular formula is C10H11N3O4S. The third-order valence-electron chi connectivity index (χ3n) is 2.59. The SMILES string of the molecule is CCC1C(=O)NC(=O)CN1c1ncc(C(=O)O)s1. The van der Waals surface area contributed by atoms with E-state index in [9.17, 15) is 14.4 Å². The van der Waals surface area contributed by atoms with E-state index in [1.54, 1.807) is 0 Å². The number of rotatable bonds is 3. The molecule has 0 saturated carbocycles. The van der Waals surface area contributed by atoms with Crippen molar-refractivity contribution in [2.45, 2.75) is 19.4 Å². The molecule has 1 unspecified atom stereocenters.